The topological polar surface area (TPSA) is 131 Å². The lowest BCUT2D eigenvalue weighted by atomic mass is 10.1. The number of carbonyl (C=O) groups is 1. The number of aliphatic hydroxyl groups excluding tert-OH is 1. The van der Waals surface area contributed by atoms with Crippen molar-refractivity contribution in [2.75, 3.05) is 19.8 Å². The van der Waals surface area contributed by atoms with Crippen LogP contribution in [0.15, 0.2) is 85.1 Å². The van der Waals surface area contributed by atoms with Gasteiger partial charge in [-0.3, -0.25) is 13.8 Å². The smallest absolute Gasteiger partial charge is 0.387 e. The van der Waals surface area contributed by atoms with Gasteiger partial charge < -0.3 is 21.1 Å². The fourth-order valence-electron chi connectivity index (χ4n) is 5.51. The molecular weight excluding hydrogens is 695 g/mol. The van der Waals surface area contributed by atoms with Gasteiger partial charge in [0.15, 0.2) is 0 Å². The molecule has 0 spiro atoms. The number of allylic oxidation sites excluding steroid dienone is 13. The lowest BCUT2D eigenvalue weighted by Gasteiger charge is -2.23. The van der Waals surface area contributed by atoms with Gasteiger partial charge in [0.1, 0.15) is 0 Å². The van der Waals surface area contributed by atoms with Crippen molar-refractivity contribution in [1.29, 1.82) is 0 Å². The second-order valence-corrected chi connectivity index (χ2v) is 15.2. The number of phosphoric acid groups is 1. The molecule has 310 valence electrons. The third kappa shape index (κ3) is 38.0. The van der Waals surface area contributed by atoms with Gasteiger partial charge in [-0.1, -0.05) is 157 Å². The minimum atomic E-state index is -4.37. The number of amides is 1. The molecule has 0 heterocycles. The summed E-state index contributed by atoms with van der Waals surface area (Å²) in [7, 11) is -4.37. The summed E-state index contributed by atoms with van der Waals surface area (Å²) >= 11 is 0. The van der Waals surface area contributed by atoms with Gasteiger partial charge in [0.05, 0.1) is 25.4 Å². The highest BCUT2D eigenvalue weighted by Crippen LogP contribution is 2.43. The van der Waals surface area contributed by atoms with Gasteiger partial charge in [-0.15, -0.1) is 0 Å². The van der Waals surface area contributed by atoms with Crippen molar-refractivity contribution < 1.29 is 28.4 Å². The average molecular weight is 775 g/mol. The van der Waals surface area contributed by atoms with E-state index in [1.54, 1.807) is 6.08 Å². The number of phosphoric ester groups is 1. The Bertz CT molecular complexity index is 1110. The molecule has 54 heavy (non-hydrogen) atoms. The van der Waals surface area contributed by atoms with Crippen LogP contribution in [0.5, 0.6) is 0 Å². The molecule has 0 saturated heterocycles. The maximum Gasteiger partial charge on any atom is 0.472 e. The first kappa shape index (κ1) is 51.7. The summed E-state index contributed by atoms with van der Waals surface area (Å²) in [5, 5.41) is 13.6. The summed E-state index contributed by atoms with van der Waals surface area (Å²) in [5.41, 5.74) is 5.36. The number of aliphatic hydroxyl groups is 1. The fraction of sp³-hybridized carbons (Fsp3) is 0.667. The normalized spacial score (nSPS) is 15.0. The molecule has 9 heteroatoms. The first-order valence-corrected chi connectivity index (χ1v) is 22.7. The average Bonchev–Trinajstić information content (AvgIpc) is 3.16. The number of carbonyl (C=O) groups excluding carboxylic acids is 1. The van der Waals surface area contributed by atoms with Gasteiger partial charge >= 0.3 is 7.82 Å². The van der Waals surface area contributed by atoms with E-state index in [0.29, 0.717) is 6.42 Å². The Morgan fingerprint density at radius 3 is 1.65 bits per heavy atom. The van der Waals surface area contributed by atoms with E-state index in [4.69, 9.17) is 14.8 Å². The first-order chi connectivity index (χ1) is 26.4. The van der Waals surface area contributed by atoms with Crippen LogP contribution in [0.3, 0.4) is 0 Å². The Morgan fingerprint density at radius 2 is 1.09 bits per heavy atom. The number of hydrogen-bond donors (Lipinski definition) is 4. The molecule has 3 atom stereocenters. The van der Waals surface area contributed by atoms with Crippen LogP contribution in [0.25, 0.3) is 0 Å². The predicted molar refractivity (Wildman–Crippen MR) is 230 cm³/mol. The SMILES string of the molecule is CC/C=C\C/C=C\C/C=C\C/C=C\CCCCC(=O)NC(COP(=O)(O)OCCN)C(O)/C=C/CC/C=C/CC/C=C/CCCCCCCCCCCC. The van der Waals surface area contributed by atoms with Gasteiger partial charge in [0, 0.05) is 13.0 Å². The number of rotatable bonds is 38. The molecule has 0 aliphatic carbocycles. The zero-order valence-corrected chi connectivity index (χ0v) is 35.1. The van der Waals surface area contributed by atoms with Crippen LogP contribution < -0.4 is 11.1 Å². The van der Waals surface area contributed by atoms with Gasteiger partial charge in [-0.2, -0.15) is 0 Å². The quantitative estimate of drug-likeness (QED) is 0.0279. The van der Waals surface area contributed by atoms with Crippen molar-refractivity contribution in [3.8, 4) is 0 Å². The monoisotopic (exact) mass is 775 g/mol. The molecule has 0 aliphatic rings. The van der Waals surface area contributed by atoms with Crippen LogP contribution in [0.2, 0.25) is 0 Å². The summed E-state index contributed by atoms with van der Waals surface area (Å²) < 4.78 is 22.1. The van der Waals surface area contributed by atoms with Crippen molar-refractivity contribution in [3.63, 3.8) is 0 Å². The summed E-state index contributed by atoms with van der Waals surface area (Å²) in [5.74, 6) is -0.252. The molecule has 0 aromatic rings. The Kier molecular flexibility index (Phi) is 38.6. The van der Waals surface area contributed by atoms with Gasteiger partial charge in [-0.25, -0.2) is 4.57 Å². The van der Waals surface area contributed by atoms with Gasteiger partial charge in [-0.05, 0) is 83.5 Å². The van der Waals surface area contributed by atoms with Crippen molar-refractivity contribution in [1.82, 2.24) is 5.32 Å². The highest BCUT2D eigenvalue weighted by Gasteiger charge is 2.26. The van der Waals surface area contributed by atoms with E-state index >= 15 is 0 Å². The molecule has 1 amide bonds. The molecule has 0 bridgehead atoms. The molecular formula is C45H79N2O6P. The van der Waals surface area contributed by atoms with Crippen LogP contribution >= 0.6 is 7.82 Å². The predicted octanol–water partition coefficient (Wildman–Crippen LogP) is 11.8. The van der Waals surface area contributed by atoms with E-state index in [1.165, 1.54) is 70.6 Å². The molecule has 3 unspecified atom stereocenters. The van der Waals surface area contributed by atoms with Gasteiger partial charge in [0.25, 0.3) is 0 Å². The maximum atomic E-state index is 12.7. The van der Waals surface area contributed by atoms with Crippen molar-refractivity contribution >= 4 is 13.7 Å². The summed E-state index contributed by atoms with van der Waals surface area (Å²) in [6.45, 7) is 3.93. The Morgan fingerprint density at radius 1 is 0.630 bits per heavy atom. The number of hydrogen-bond acceptors (Lipinski definition) is 6. The molecule has 0 aliphatic heterocycles. The largest absolute Gasteiger partial charge is 0.472 e. The molecule has 0 fully saturated rings. The minimum Gasteiger partial charge on any atom is -0.387 e. The van der Waals surface area contributed by atoms with E-state index < -0.39 is 20.0 Å². The van der Waals surface area contributed by atoms with E-state index in [1.807, 2.05) is 6.08 Å². The molecule has 0 aromatic carbocycles. The van der Waals surface area contributed by atoms with Crippen LogP contribution in [-0.4, -0.2) is 47.8 Å². The van der Waals surface area contributed by atoms with Crippen molar-refractivity contribution in [2.24, 2.45) is 5.73 Å². The number of unbranched alkanes of at least 4 members (excludes halogenated alkanes) is 14. The van der Waals surface area contributed by atoms with E-state index in [0.717, 1.165) is 64.2 Å². The van der Waals surface area contributed by atoms with Crippen LogP contribution in [0.1, 0.15) is 162 Å². The van der Waals surface area contributed by atoms with Crippen LogP contribution in [0, 0.1) is 0 Å². The van der Waals surface area contributed by atoms with Gasteiger partial charge in [0.2, 0.25) is 5.91 Å². The molecule has 0 radical (unpaired) electrons. The second-order valence-electron chi connectivity index (χ2n) is 13.8. The molecule has 0 aromatic heterocycles. The Labute approximate surface area is 330 Å². The lowest BCUT2D eigenvalue weighted by Crippen LogP contribution is -2.45. The van der Waals surface area contributed by atoms with Crippen LogP contribution in [-0.2, 0) is 18.4 Å². The second kappa shape index (κ2) is 40.3. The minimum absolute atomic E-state index is 0.0605. The fourth-order valence-corrected chi connectivity index (χ4v) is 6.27. The highest BCUT2D eigenvalue weighted by atomic mass is 31.2. The lowest BCUT2D eigenvalue weighted by molar-refractivity contribution is -0.123. The van der Waals surface area contributed by atoms with E-state index in [9.17, 15) is 19.4 Å². The van der Waals surface area contributed by atoms with Crippen molar-refractivity contribution in [3.05, 3.63) is 85.1 Å². The number of nitrogens with one attached hydrogen (secondary N) is 1. The highest BCUT2D eigenvalue weighted by molar-refractivity contribution is 7.47. The van der Waals surface area contributed by atoms with Crippen molar-refractivity contribution in [2.45, 2.75) is 174 Å². The molecule has 0 rings (SSSR count). The Hall–Kier alpha value is -2.32. The molecule has 8 nitrogen and oxygen atoms in total. The zero-order chi connectivity index (χ0) is 39.6. The Balaban J connectivity index is 4.40. The molecule has 0 saturated carbocycles. The maximum absolute atomic E-state index is 12.7. The first-order valence-electron chi connectivity index (χ1n) is 21.2. The van der Waals surface area contributed by atoms with Crippen LogP contribution in [0.4, 0.5) is 0 Å². The van der Waals surface area contributed by atoms with E-state index in [-0.39, 0.29) is 32.1 Å². The third-order valence-electron chi connectivity index (χ3n) is 8.68. The number of nitrogens with two attached hydrogens (primary N) is 1. The van der Waals surface area contributed by atoms with E-state index in [2.05, 4.69) is 92.1 Å². The zero-order valence-electron chi connectivity index (χ0n) is 34.2. The molecule has 5 N–H and O–H groups in total. The summed E-state index contributed by atoms with van der Waals surface area (Å²) in [4.78, 5) is 22.6. The summed E-state index contributed by atoms with van der Waals surface area (Å²) in [6.07, 6.45) is 53.6. The summed E-state index contributed by atoms with van der Waals surface area (Å²) in [6, 6.07) is -0.910. The standard InChI is InChI=1S/C45H79N2O6P/c1-3-5-7-9-11-13-15-17-19-20-21-22-23-25-26-28-30-32-34-36-38-44(48)43(42-53-54(50,51)52-41-40-46)47-45(49)39-37-35-33-31-29-27-24-18-16-14-12-10-8-6-4-2/h6,8,12,14,18,22-24,28-31,36,38,43-44,48H,3-5,7,9-11,13,15-17,19-21,25-27,32-35,37,39-42,46H2,1-2H3,(H,47,49)(H,50,51)/b8-6-,14-12-,23-22+,24-18-,30-28+,31-29-,38-36+. The third-order valence-corrected chi connectivity index (χ3v) is 9.67.